The Labute approximate surface area is 190 Å². The maximum Gasteiger partial charge on any atom is 0.251 e. The molecule has 0 aliphatic carbocycles. The van der Waals surface area contributed by atoms with E-state index in [1.54, 1.807) is 37.6 Å². The molecule has 0 unspecified atom stereocenters. The van der Waals surface area contributed by atoms with Gasteiger partial charge in [-0.3, -0.25) is 9.59 Å². The van der Waals surface area contributed by atoms with Crippen LogP contribution in [0.3, 0.4) is 0 Å². The van der Waals surface area contributed by atoms with Crippen molar-refractivity contribution in [1.82, 2.24) is 20.3 Å². The zero-order chi connectivity index (χ0) is 23.2. The summed E-state index contributed by atoms with van der Waals surface area (Å²) in [6, 6.07) is 6.59. The van der Waals surface area contributed by atoms with Crippen LogP contribution in [0.15, 0.2) is 36.8 Å². The summed E-state index contributed by atoms with van der Waals surface area (Å²) in [6.45, 7) is 1.23. The zero-order valence-corrected chi connectivity index (χ0v) is 18.3. The lowest BCUT2D eigenvalue weighted by atomic mass is 10.0. The molecule has 2 atom stereocenters. The number of anilines is 1. The molecule has 1 aliphatic heterocycles. The Morgan fingerprint density at radius 2 is 2.12 bits per heavy atom. The number of benzene rings is 1. The predicted octanol–water partition coefficient (Wildman–Crippen LogP) is 1.52. The number of rotatable bonds is 9. The maximum atomic E-state index is 13.4. The Kier molecular flexibility index (Phi) is 7.28. The molecule has 1 amide bonds. The van der Waals surface area contributed by atoms with Crippen molar-refractivity contribution in [2.45, 2.75) is 25.0 Å². The van der Waals surface area contributed by atoms with Crippen LogP contribution in [0.2, 0.25) is 0 Å². The zero-order valence-electron chi connectivity index (χ0n) is 18.3. The number of hydrogen-bond acceptors (Lipinski definition) is 8. The second kappa shape index (κ2) is 10.5. The van der Waals surface area contributed by atoms with E-state index in [0.29, 0.717) is 53.3 Å². The van der Waals surface area contributed by atoms with Crippen LogP contribution in [-0.4, -0.2) is 77.4 Å². The predicted molar refractivity (Wildman–Crippen MR) is 121 cm³/mol. The summed E-state index contributed by atoms with van der Waals surface area (Å²) in [5.41, 5.74) is 1.73. The molecular formula is C23H27N5O5. The number of methoxy groups -OCH3 is 1. The van der Waals surface area contributed by atoms with Gasteiger partial charge in [0.25, 0.3) is 5.91 Å². The number of aliphatic hydroxyl groups is 1. The van der Waals surface area contributed by atoms with Gasteiger partial charge in [-0.25, -0.2) is 9.97 Å². The van der Waals surface area contributed by atoms with E-state index >= 15 is 0 Å². The Balaban J connectivity index is 1.57. The first-order valence-corrected chi connectivity index (χ1v) is 10.8. The van der Waals surface area contributed by atoms with Crippen molar-refractivity contribution in [3.05, 3.63) is 53.5 Å². The molecular weight excluding hydrogens is 426 g/mol. The first-order chi connectivity index (χ1) is 16.1. The minimum absolute atomic E-state index is 0.00266. The van der Waals surface area contributed by atoms with E-state index in [1.807, 2.05) is 0 Å². The van der Waals surface area contributed by atoms with E-state index in [9.17, 15) is 14.7 Å². The fourth-order valence-corrected chi connectivity index (χ4v) is 3.83. The van der Waals surface area contributed by atoms with Crippen molar-refractivity contribution in [1.29, 1.82) is 0 Å². The van der Waals surface area contributed by atoms with Crippen LogP contribution in [0.4, 0.5) is 5.82 Å². The first kappa shape index (κ1) is 22.8. The van der Waals surface area contributed by atoms with Crippen LogP contribution in [0.5, 0.6) is 0 Å². The number of ketones is 1. The summed E-state index contributed by atoms with van der Waals surface area (Å²) < 4.78 is 10.6. The molecule has 4 N–H and O–H groups in total. The molecule has 174 valence electrons. The number of aliphatic hydroxyl groups excluding tert-OH is 1. The van der Waals surface area contributed by atoms with Gasteiger partial charge in [0.05, 0.1) is 42.9 Å². The summed E-state index contributed by atoms with van der Waals surface area (Å²) in [6.07, 6.45) is 4.44. The van der Waals surface area contributed by atoms with Gasteiger partial charge in [0.1, 0.15) is 17.8 Å². The number of ether oxygens (including phenoxy) is 2. The molecule has 0 spiro atoms. The van der Waals surface area contributed by atoms with Gasteiger partial charge in [-0.1, -0.05) is 12.1 Å². The average Bonchev–Trinajstić information content (AvgIpc) is 3.29. The number of nitrogens with one attached hydrogen (secondary N) is 3. The molecule has 10 heteroatoms. The van der Waals surface area contributed by atoms with Crippen molar-refractivity contribution in [2.75, 3.05) is 38.8 Å². The van der Waals surface area contributed by atoms with Crippen molar-refractivity contribution in [2.24, 2.45) is 0 Å². The molecule has 10 nitrogen and oxygen atoms in total. The van der Waals surface area contributed by atoms with Gasteiger partial charge in [-0.05, 0) is 25.0 Å². The number of fused-ring (bicyclic) bond motifs is 1. The van der Waals surface area contributed by atoms with Crippen LogP contribution in [0, 0.1) is 0 Å². The first-order valence-electron chi connectivity index (χ1n) is 10.8. The fourth-order valence-electron chi connectivity index (χ4n) is 3.83. The van der Waals surface area contributed by atoms with Gasteiger partial charge >= 0.3 is 0 Å². The van der Waals surface area contributed by atoms with Gasteiger partial charge in [-0.15, -0.1) is 0 Å². The topological polar surface area (TPSA) is 138 Å². The summed E-state index contributed by atoms with van der Waals surface area (Å²) in [7, 11) is 1.56. The fraction of sp³-hybridized carbons (Fsp3) is 0.391. The summed E-state index contributed by atoms with van der Waals surface area (Å²) in [4.78, 5) is 37.4. The molecule has 1 aromatic carbocycles. The highest BCUT2D eigenvalue weighted by atomic mass is 16.5. The SMILES string of the molecule is COCCNC(=O)c1cccc(C(=O)c2c[nH]c3ncnc(N[C@@H]4CC[C@@H](CO)OC4)c23)c1. The number of nitrogens with zero attached hydrogens (tertiary/aromatic N) is 2. The van der Waals surface area contributed by atoms with Gasteiger partial charge < -0.3 is 30.2 Å². The second-order valence-electron chi connectivity index (χ2n) is 7.86. The van der Waals surface area contributed by atoms with Gasteiger partial charge in [0.15, 0.2) is 5.78 Å². The highest BCUT2D eigenvalue weighted by Crippen LogP contribution is 2.27. The number of hydrogen-bond donors (Lipinski definition) is 4. The van der Waals surface area contributed by atoms with Crippen molar-refractivity contribution in [3.8, 4) is 0 Å². The number of aromatic amines is 1. The van der Waals surface area contributed by atoms with Gasteiger partial charge in [0.2, 0.25) is 0 Å². The monoisotopic (exact) mass is 453 g/mol. The number of carbonyl (C=O) groups is 2. The molecule has 33 heavy (non-hydrogen) atoms. The lowest BCUT2D eigenvalue weighted by molar-refractivity contribution is -0.0224. The van der Waals surface area contributed by atoms with E-state index < -0.39 is 0 Å². The van der Waals surface area contributed by atoms with Crippen LogP contribution >= 0.6 is 0 Å². The van der Waals surface area contributed by atoms with E-state index in [4.69, 9.17) is 9.47 Å². The molecule has 0 bridgehead atoms. The minimum Gasteiger partial charge on any atom is -0.394 e. The van der Waals surface area contributed by atoms with E-state index in [2.05, 4.69) is 25.6 Å². The van der Waals surface area contributed by atoms with Crippen molar-refractivity contribution >= 4 is 28.5 Å². The minimum atomic E-state index is -0.273. The molecule has 0 radical (unpaired) electrons. The number of H-pyrrole nitrogens is 1. The highest BCUT2D eigenvalue weighted by Gasteiger charge is 2.24. The molecule has 3 aromatic rings. The highest BCUT2D eigenvalue weighted by molar-refractivity contribution is 6.18. The molecule has 1 aliphatic rings. The molecule has 2 aromatic heterocycles. The Bertz CT molecular complexity index is 1120. The number of aromatic nitrogens is 3. The number of amides is 1. The van der Waals surface area contributed by atoms with E-state index in [1.165, 1.54) is 6.33 Å². The van der Waals surface area contributed by atoms with Crippen LogP contribution in [0.1, 0.15) is 39.1 Å². The lowest BCUT2D eigenvalue weighted by Gasteiger charge is -2.29. The number of carbonyl (C=O) groups excluding carboxylic acids is 2. The summed E-state index contributed by atoms with van der Waals surface area (Å²) in [5.74, 6) is 0.0183. The summed E-state index contributed by atoms with van der Waals surface area (Å²) >= 11 is 0. The normalized spacial score (nSPS) is 18.2. The lowest BCUT2D eigenvalue weighted by Crippen LogP contribution is -2.36. The smallest absolute Gasteiger partial charge is 0.251 e. The van der Waals surface area contributed by atoms with Crippen LogP contribution in [0.25, 0.3) is 11.0 Å². The summed E-state index contributed by atoms with van der Waals surface area (Å²) in [5, 5.41) is 15.9. The van der Waals surface area contributed by atoms with Gasteiger partial charge in [-0.2, -0.15) is 0 Å². The maximum absolute atomic E-state index is 13.4. The average molecular weight is 453 g/mol. The Morgan fingerprint density at radius 1 is 1.27 bits per heavy atom. The third kappa shape index (κ3) is 5.19. The van der Waals surface area contributed by atoms with E-state index in [-0.39, 0.29) is 30.4 Å². The second-order valence-corrected chi connectivity index (χ2v) is 7.86. The Hall–Kier alpha value is -3.34. The van der Waals surface area contributed by atoms with Gasteiger partial charge in [0, 0.05) is 31.0 Å². The van der Waals surface area contributed by atoms with Crippen molar-refractivity contribution in [3.63, 3.8) is 0 Å². The van der Waals surface area contributed by atoms with Crippen LogP contribution < -0.4 is 10.6 Å². The van der Waals surface area contributed by atoms with E-state index in [0.717, 1.165) is 12.8 Å². The molecule has 0 saturated carbocycles. The van der Waals surface area contributed by atoms with Crippen molar-refractivity contribution < 1.29 is 24.2 Å². The Morgan fingerprint density at radius 3 is 2.88 bits per heavy atom. The molecule has 4 rings (SSSR count). The largest absolute Gasteiger partial charge is 0.394 e. The third-order valence-electron chi connectivity index (χ3n) is 5.61. The molecule has 3 heterocycles. The molecule has 1 fully saturated rings. The van der Waals surface area contributed by atoms with Crippen LogP contribution in [-0.2, 0) is 9.47 Å². The standard InChI is InChI=1S/C23H27N5O5/c1-32-8-7-24-23(31)15-4-2-3-14(9-15)20(30)18-10-25-21-19(18)22(27-13-26-21)28-16-5-6-17(11-29)33-12-16/h2-4,9-10,13,16-17,29H,5-8,11-12H2,1H3,(H,24,31)(H2,25,26,27,28)/t16-,17+/m1/s1. The third-order valence-corrected chi connectivity index (χ3v) is 5.61. The molecule has 1 saturated heterocycles. The quantitative estimate of drug-likeness (QED) is 0.283.